The second-order valence-electron chi connectivity index (χ2n) is 7.74. The van der Waals surface area contributed by atoms with Gasteiger partial charge in [0, 0.05) is 39.1 Å². The van der Waals surface area contributed by atoms with Gasteiger partial charge in [-0.2, -0.15) is 0 Å². The van der Waals surface area contributed by atoms with Gasteiger partial charge in [-0.15, -0.1) is 0 Å². The largest absolute Gasteiger partial charge is 0.480 e. The molecule has 0 bridgehead atoms. The predicted octanol–water partition coefficient (Wildman–Crippen LogP) is 0.788. The molecule has 2 unspecified atom stereocenters. The molecule has 2 rings (SSSR count). The molecule has 0 aromatic heterocycles. The van der Waals surface area contributed by atoms with E-state index in [1.54, 1.807) is 4.90 Å². The Morgan fingerprint density at radius 1 is 1.14 bits per heavy atom. The molecule has 4 amide bonds. The van der Waals surface area contributed by atoms with E-state index in [1.165, 1.54) is 18.7 Å². The Kier molecular flexibility index (Phi) is 8.07. The van der Waals surface area contributed by atoms with Crippen LogP contribution >= 0.6 is 0 Å². The van der Waals surface area contributed by atoms with Crippen molar-refractivity contribution in [3.05, 3.63) is 0 Å². The van der Waals surface area contributed by atoms with Crippen molar-refractivity contribution in [3.63, 3.8) is 0 Å². The molecule has 9 nitrogen and oxygen atoms in total. The van der Waals surface area contributed by atoms with Gasteiger partial charge >= 0.3 is 12.0 Å². The van der Waals surface area contributed by atoms with Crippen molar-refractivity contribution in [1.82, 2.24) is 20.4 Å². The van der Waals surface area contributed by atoms with E-state index in [-0.39, 0.29) is 37.0 Å². The van der Waals surface area contributed by atoms with Gasteiger partial charge in [0.05, 0.1) is 5.92 Å². The molecule has 2 fully saturated rings. The zero-order valence-electron chi connectivity index (χ0n) is 16.8. The van der Waals surface area contributed by atoms with Crippen LogP contribution in [0, 0.1) is 5.92 Å². The molecular weight excluding hydrogens is 364 g/mol. The van der Waals surface area contributed by atoms with Crippen LogP contribution in [0.15, 0.2) is 0 Å². The number of carbonyl (C=O) groups is 4. The van der Waals surface area contributed by atoms with Crippen molar-refractivity contribution in [2.75, 3.05) is 26.2 Å². The summed E-state index contributed by atoms with van der Waals surface area (Å²) in [6.07, 6.45) is 5.57. The van der Waals surface area contributed by atoms with Crippen molar-refractivity contribution >= 4 is 23.8 Å². The molecule has 2 aliphatic rings. The van der Waals surface area contributed by atoms with Crippen LogP contribution in [-0.2, 0) is 14.4 Å². The summed E-state index contributed by atoms with van der Waals surface area (Å²) in [4.78, 5) is 51.0. The van der Waals surface area contributed by atoms with Gasteiger partial charge in [0.2, 0.25) is 11.8 Å². The van der Waals surface area contributed by atoms with E-state index in [4.69, 9.17) is 0 Å². The number of nitrogens with zero attached hydrogens (tertiary/aromatic N) is 2. The fraction of sp³-hybridized carbons (Fsp3) is 0.789. The number of nitrogens with one attached hydrogen (secondary N) is 2. The Morgan fingerprint density at radius 2 is 1.82 bits per heavy atom. The van der Waals surface area contributed by atoms with E-state index in [0.29, 0.717) is 25.9 Å². The summed E-state index contributed by atoms with van der Waals surface area (Å²) in [6, 6.07) is -0.922. The van der Waals surface area contributed by atoms with E-state index >= 15 is 0 Å². The summed E-state index contributed by atoms with van der Waals surface area (Å²) in [7, 11) is 0. The van der Waals surface area contributed by atoms with Gasteiger partial charge in [-0.3, -0.25) is 9.59 Å². The number of hydrogen-bond donors (Lipinski definition) is 3. The third kappa shape index (κ3) is 6.10. The molecule has 28 heavy (non-hydrogen) atoms. The summed E-state index contributed by atoms with van der Waals surface area (Å²) in [5.41, 5.74) is 0. The van der Waals surface area contributed by atoms with Gasteiger partial charge in [0.1, 0.15) is 6.04 Å². The highest BCUT2D eigenvalue weighted by atomic mass is 16.4. The quantitative estimate of drug-likeness (QED) is 0.588. The Balaban J connectivity index is 1.98. The lowest BCUT2D eigenvalue weighted by molar-refractivity contribution is -0.152. The van der Waals surface area contributed by atoms with Crippen LogP contribution in [0.5, 0.6) is 0 Å². The van der Waals surface area contributed by atoms with Gasteiger partial charge in [0.25, 0.3) is 0 Å². The summed E-state index contributed by atoms with van der Waals surface area (Å²) in [5, 5.41) is 15.0. The van der Waals surface area contributed by atoms with Crippen molar-refractivity contribution in [1.29, 1.82) is 0 Å². The fourth-order valence-corrected chi connectivity index (χ4v) is 3.91. The molecule has 0 radical (unpaired) electrons. The number of carbonyl (C=O) groups excluding carboxylic acids is 3. The lowest BCUT2D eigenvalue weighted by Gasteiger charge is -2.36. The highest BCUT2D eigenvalue weighted by Gasteiger charge is 2.35. The zero-order chi connectivity index (χ0) is 20.7. The summed E-state index contributed by atoms with van der Waals surface area (Å²) in [6.45, 7) is 4.03. The number of urea groups is 1. The van der Waals surface area contributed by atoms with Gasteiger partial charge in [-0.05, 0) is 32.6 Å². The number of hydrogen-bond acceptors (Lipinski definition) is 4. The van der Waals surface area contributed by atoms with E-state index in [1.807, 2.05) is 0 Å². The highest BCUT2D eigenvalue weighted by molar-refractivity contribution is 5.86. The monoisotopic (exact) mass is 396 g/mol. The minimum atomic E-state index is -1.09. The number of amides is 4. The molecular formula is C19H32N4O5. The minimum Gasteiger partial charge on any atom is -0.480 e. The standard InChI is InChI=1S/C19H32N4O5/c1-13(18(26)27)23(11-9-20-14(2)24)17(25)15-6-5-10-22(12-15)19(28)21-16-7-3-4-8-16/h13,15-16H,3-12H2,1-2H3,(H,20,24)(H,21,28)(H,26,27). The third-order valence-electron chi connectivity index (χ3n) is 5.58. The number of aliphatic carboxylic acids is 1. The maximum absolute atomic E-state index is 13.0. The van der Waals surface area contributed by atoms with Crippen molar-refractivity contribution in [2.45, 2.75) is 64.5 Å². The number of piperidine rings is 1. The van der Waals surface area contributed by atoms with Crippen LogP contribution in [0.1, 0.15) is 52.4 Å². The Labute approximate surface area is 165 Å². The predicted molar refractivity (Wildman–Crippen MR) is 103 cm³/mol. The van der Waals surface area contributed by atoms with Crippen molar-refractivity contribution in [3.8, 4) is 0 Å². The molecule has 9 heteroatoms. The lowest BCUT2D eigenvalue weighted by Crippen LogP contribution is -2.54. The lowest BCUT2D eigenvalue weighted by atomic mass is 9.96. The molecule has 1 saturated carbocycles. The molecule has 0 spiro atoms. The van der Waals surface area contributed by atoms with E-state index in [9.17, 15) is 24.3 Å². The van der Waals surface area contributed by atoms with E-state index in [2.05, 4.69) is 10.6 Å². The molecule has 1 aliphatic carbocycles. The topological polar surface area (TPSA) is 119 Å². The first kappa shape index (κ1) is 22.0. The smallest absolute Gasteiger partial charge is 0.326 e. The normalized spacial score (nSPS) is 21.1. The van der Waals surface area contributed by atoms with Crippen LogP contribution in [0.25, 0.3) is 0 Å². The second-order valence-corrected chi connectivity index (χ2v) is 7.74. The molecule has 1 aliphatic heterocycles. The Morgan fingerprint density at radius 3 is 2.43 bits per heavy atom. The van der Waals surface area contributed by atoms with Crippen LogP contribution in [0.2, 0.25) is 0 Å². The Hall–Kier alpha value is -2.32. The van der Waals surface area contributed by atoms with Crippen LogP contribution in [0.3, 0.4) is 0 Å². The molecule has 2 atom stereocenters. The van der Waals surface area contributed by atoms with Crippen LogP contribution in [-0.4, -0.2) is 77.0 Å². The SMILES string of the molecule is CC(=O)NCCN(C(=O)C1CCCN(C(=O)NC2CCCC2)C1)C(C)C(=O)O. The van der Waals surface area contributed by atoms with Gasteiger partial charge in [0.15, 0.2) is 0 Å². The average Bonchev–Trinajstić information content (AvgIpc) is 3.17. The summed E-state index contributed by atoms with van der Waals surface area (Å²) >= 11 is 0. The highest BCUT2D eigenvalue weighted by Crippen LogP contribution is 2.22. The number of rotatable bonds is 7. The Bertz CT molecular complexity index is 591. The first-order valence-electron chi connectivity index (χ1n) is 10.1. The van der Waals surface area contributed by atoms with E-state index in [0.717, 1.165) is 25.7 Å². The second kappa shape index (κ2) is 10.3. The van der Waals surface area contributed by atoms with Crippen molar-refractivity contribution < 1.29 is 24.3 Å². The van der Waals surface area contributed by atoms with Crippen molar-refractivity contribution in [2.24, 2.45) is 5.92 Å². The zero-order valence-corrected chi connectivity index (χ0v) is 16.8. The minimum absolute atomic E-state index is 0.122. The average molecular weight is 396 g/mol. The summed E-state index contributed by atoms with van der Waals surface area (Å²) in [5.74, 6) is -2.04. The van der Waals surface area contributed by atoms with Gasteiger partial charge in [-0.1, -0.05) is 12.8 Å². The maximum atomic E-state index is 13.0. The number of carboxylic acid groups (broad SMARTS) is 1. The van der Waals surface area contributed by atoms with Gasteiger partial charge < -0.3 is 25.5 Å². The fourth-order valence-electron chi connectivity index (χ4n) is 3.91. The van der Waals surface area contributed by atoms with Crippen LogP contribution < -0.4 is 10.6 Å². The molecule has 0 aromatic carbocycles. The van der Waals surface area contributed by atoms with Gasteiger partial charge in [-0.25, -0.2) is 9.59 Å². The molecule has 1 heterocycles. The molecule has 3 N–H and O–H groups in total. The molecule has 1 saturated heterocycles. The third-order valence-corrected chi connectivity index (χ3v) is 5.58. The summed E-state index contributed by atoms with van der Waals surface area (Å²) < 4.78 is 0. The number of carboxylic acids is 1. The number of likely N-dealkylation sites (tertiary alicyclic amines) is 1. The van der Waals surface area contributed by atoms with Crippen LogP contribution in [0.4, 0.5) is 4.79 Å². The molecule has 158 valence electrons. The first-order valence-corrected chi connectivity index (χ1v) is 10.1. The molecule has 0 aromatic rings. The van der Waals surface area contributed by atoms with E-state index < -0.39 is 17.9 Å². The first-order chi connectivity index (χ1) is 13.3. The maximum Gasteiger partial charge on any atom is 0.326 e.